The molecule has 0 fully saturated rings. The third kappa shape index (κ3) is 2.71. The fraction of sp³-hybridized carbons (Fsp3) is 0.0714. The largest absolute Gasteiger partial charge is 0.439 e. The highest BCUT2D eigenvalue weighted by Crippen LogP contribution is 2.20. The van der Waals surface area contributed by atoms with Gasteiger partial charge in [0.25, 0.3) is 0 Å². The molecule has 0 saturated heterocycles. The first-order chi connectivity index (χ1) is 8.69. The Morgan fingerprint density at radius 1 is 1.28 bits per heavy atom. The molecule has 4 nitrogen and oxygen atoms in total. The second kappa shape index (κ2) is 5.11. The van der Waals surface area contributed by atoms with Crippen molar-refractivity contribution in [2.75, 3.05) is 0 Å². The van der Waals surface area contributed by atoms with Gasteiger partial charge in [0, 0.05) is 17.8 Å². The molecule has 0 aliphatic rings. The van der Waals surface area contributed by atoms with Gasteiger partial charge in [0.2, 0.25) is 5.88 Å². The lowest BCUT2D eigenvalue weighted by molar-refractivity contribution is 0.101. The van der Waals surface area contributed by atoms with Crippen LogP contribution in [0, 0.1) is 11.3 Å². The summed E-state index contributed by atoms with van der Waals surface area (Å²) in [5.41, 5.74) is 1.11. The number of ether oxygens (including phenoxy) is 1. The van der Waals surface area contributed by atoms with Gasteiger partial charge in [-0.15, -0.1) is 0 Å². The average molecular weight is 238 g/mol. The Morgan fingerprint density at radius 2 is 2.00 bits per heavy atom. The zero-order valence-corrected chi connectivity index (χ0v) is 9.75. The normalized spacial score (nSPS) is 9.56. The molecule has 0 bridgehead atoms. The molecule has 1 heterocycles. The molecule has 18 heavy (non-hydrogen) atoms. The summed E-state index contributed by atoms with van der Waals surface area (Å²) in [5, 5.41) is 8.68. The van der Waals surface area contributed by atoms with Crippen molar-refractivity contribution in [3.8, 4) is 17.7 Å². The third-order valence-electron chi connectivity index (χ3n) is 2.35. The van der Waals surface area contributed by atoms with Crippen molar-refractivity contribution in [1.82, 2.24) is 4.98 Å². The lowest BCUT2D eigenvalue weighted by Gasteiger charge is -2.05. The molecule has 2 aromatic rings. The van der Waals surface area contributed by atoms with Crippen LogP contribution in [0.15, 0.2) is 42.6 Å². The Balaban J connectivity index is 2.20. The van der Waals surface area contributed by atoms with Crippen LogP contribution >= 0.6 is 0 Å². The van der Waals surface area contributed by atoms with E-state index in [0.29, 0.717) is 22.8 Å². The number of hydrogen-bond donors (Lipinski definition) is 0. The Bertz CT molecular complexity index is 612. The summed E-state index contributed by atoms with van der Waals surface area (Å²) in [5.74, 6) is 0.886. The SMILES string of the molecule is CC(=O)c1ccnc(Oc2ccc(C#N)cc2)c1. The van der Waals surface area contributed by atoms with Crippen molar-refractivity contribution in [1.29, 1.82) is 5.26 Å². The molecule has 0 atom stereocenters. The van der Waals surface area contributed by atoms with E-state index < -0.39 is 0 Å². The van der Waals surface area contributed by atoms with Crippen LogP contribution in [0.1, 0.15) is 22.8 Å². The van der Waals surface area contributed by atoms with Crippen LogP contribution < -0.4 is 4.74 Å². The molecular weight excluding hydrogens is 228 g/mol. The summed E-state index contributed by atoms with van der Waals surface area (Å²) in [6.07, 6.45) is 1.52. The Kier molecular flexibility index (Phi) is 3.35. The quantitative estimate of drug-likeness (QED) is 0.771. The molecule has 0 N–H and O–H groups in total. The van der Waals surface area contributed by atoms with E-state index in [1.807, 2.05) is 6.07 Å². The van der Waals surface area contributed by atoms with E-state index in [1.54, 1.807) is 36.4 Å². The maximum Gasteiger partial charge on any atom is 0.219 e. The van der Waals surface area contributed by atoms with Gasteiger partial charge < -0.3 is 4.74 Å². The predicted octanol–water partition coefficient (Wildman–Crippen LogP) is 2.95. The number of aromatic nitrogens is 1. The molecule has 1 aromatic carbocycles. The molecule has 0 amide bonds. The smallest absolute Gasteiger partial charge is 0.219 e. The molecule has 0 aliphatic carbocycles. The number of carbonyl (C=O) groups is 1. The minimum Gasteiger partial charge on any atom is -0.439 e. The van der Waals surface area contributed by atoms with Crippen LogP contribution in [0.25, 0.3) is 0 Å². The van der Waals surface area contributed by atoms with Gasteiger partial charge in [-0.1, -0.05) is 0 Å². The van der Waals surface area contributed by atoms with Crippen molar-refractivity contribution in [3.05, 3.63) is 53.7 Å². The fourth-order valence-electron chi connectivity index (χ4n) is 1.40. The molecule has 4 heteroatoms. The number of rotatable bonds is 3. The molecule has 0 spiro atoms. The summed E-state index contributed by atoms with van der Waals surface area (Å²) in [6, 6.07) is 11.9. The van der Waals surface area contributed by atoms with E-state index in [9.17, 15) is 4.79 Å². The highest BCUT2D eigenvalue weighted by Gasteiger charge is 2.03. The lowest BCUT2D eigenvalue weighted by Crippen LogP contribution is -1.94. The van der Waals surface area contributed by atoms with E-state index in [1.165, 1.54) is 13.1 Å². The number of carbonyl (C=O) groups excluding carboxylic acids is 1. The number of nitriles is 1. The lowest BCUT2D eigenvalue weighted by atomic mass is 10.2. The van der Waals surface area contributed by atoms with Crippen molar-refractivity contribution in [3.63, 3.8) is 0 Å². The van der Waals surface area contributed by atoms with E-state index in [-0.39, 0.29) is 5.78 Å². The van der Waals surface area contributed by atoms with Crippen LogP contribution in [0.5, 0.6) is 11.6 Å². The summed E-state index contributed by atoms with van der Waals surface area (Å²) in [7, 11) is 0. The van der Waals surface area contributed by atoms with Crippen LogP contribution in [0.3, 0.4) is 0 Å². The highest BCUT2D eigenvalue weighted by atomic mass is 16.5. The first kappa shape index (κ1) is 11.8. The van der Waals surface area contributed by atoms with Crippen LogP contribution in [-0.2, 0) is 0 Å². The molecule has 0 aliphatic heterocycles. The highest BCUT2D eigenvalue weighted by molar-refractivity contribution is 5.94. The molecule has 0 saturated carbocycles. The second-order valence-electron chi connectivity index (χ2n) is 3.68. The topological polar surface area (TPSA) is 63.0 Å². The maximum absolute atomic E-state index is 11.2. The number of Topliss-reactive ketones (excluding diaryl/α,β-unsaturated/α-hetero) is 1. The molecule has 1 aromatic heterocycles. The zero-order valence-electron chi connectivity index (χ0n) is 9.75. The van der Waals surface area contributed by atoms with Gasteiger partial charge in [-0.25, -0.2) is 4.98 Å². The molecule has 2 rings (SSSR count). The molecule has 0 unspecified atom stereocenters. The van der Waals surface area contributed by atoms with Crippen molar-refractivity contribution in [2.24, 2.45) is 0 Å². The van der Waals surface area contributed by atoms with Gasteiger partial charge in [0.1, 0.15) is 5.75 Å². The van der Waals surface area contributed by atoms with Gasteiger partial charge in [-0.2, -0.15) is 5.26 Å². The number of pyridine rings is 1. The number of benzene rings is 1. The number of ketones is 1. The third-order valence-corrected chi connectivity index (χ3v) is 2.35. The van der Waals surface area contributed by atoms with E-state index in [4.69, 9.17) is 10.00 Å². The van der Waals surface area contributed by atoms with Crippen molar-refractivity contribution >= 4 is 5.78 Å². The Labute approximate surface area is 104 Å². The summed E-state index contributed by atoms with van der Waals surface area (Å²) in [4.78, 5) is 15.2. The Morgan fingerprint density at radius 3 is 2.61 bits per heavy atom. The minimum atomic E-state index is -0.0397. The minimum absolute atomic E-state index is 0.0397. The molecule has 0 radical (unpaired) electrons. The van der Waals surface area contributed by atoms with Crippen LogP contribution in [-0.4, -0.2) is 10.8 Å². The fourth-order valence-corrected chi connectivity index (χ4v) is 1.40. The first-order valence-electron chi connectivity index (χ1n) is 5.34. The number of hydrogen-bond acceptors (Lipinski definition) is 4. The second-order valence-corrected chi connectivity index (χ2v) is 3.68. The number of nitrogens with zero attached hydrogens (tertiary/aromatic N) is 2. The summed E-state index contributed by atoms with van der Waals surface area (Å²) in [6.45, 7) is 1.49. The van der Waals surface area contributed by atoms with Crippen molar-refractivity contribution in [2.45, 2.75) is 6.92 Å². The summed E-state index contributed by atoms with van der Waals surface area (Å²) >= 11 is 0. The van der Waals surface area contributed by atoms with Crippen LogP contribution in [0.2, 0.25) is 0 Å². The van der Waals surface area contributed by atoms with Crippen LogP contribution in [0.4, 0.5) is 0 Å². The van der Waals surface area contributed by atoms with Gasteiger partial charge in [-0.3, -0.25) is 4.79 Å². The standard InChI is InChI=1S/C14H10N2O2/c1-10(17)12-6-7-16-14(8-12)18-13-4-2-11(9-15)3-5-13/h2-8H,1H3. The van der Waals surface area contributed by atoms with Gasteiger partial charge in [0.15, 0.2) is 5.78 Å². The first-order valence-corrected chi connectivity index (χ1v) is 5.34. The zero-order chi connectivity index (χ0) is 13.0. The summed E-state index contributed by atoms with van der Waals surface area (Å²) < 4.78 is 5.50. The van der Waals surface area contributed by atoms with E-state index in [2.05, 4.69) is 4.98 Å². The van der Waals surface area contributed by atoms with Crippen molar-refractivity contribution < 1.29 is 9.53 Å². The van der Waals surface area contributed by atoms with E-state index in [0.717, 1.165) is 0 Å². The monoisotopic (exact) mass is 238 g/mol. The Hall–Kier alpha value is -2.67. The van der Waals surface area contributed by atoms with Gasteiger partial charge in [-0.05, 0) is 37.3 Å². The molecular formula is C14H10N2O2. The van der Waals surface area contributed by atoms with Gasteiger partial charge >= 0.3 is 0 Å². The predicted molar refractivity (Wildman–Crippen MR) is 65.5 cm³/mol. The maximum atomic E-state index is 11.2. The molecule has 88 valence electrons. The van der Waals surface area contributed by atoms with Gasteiger partial charge in [0.05, 0.1) is 11.6 Å². The van der Waals surface area contributed by atoms with E-state index >= 15 is 0 Å². The average Bonchev–Trinajstić information content (AvgIpc) is 2.40.